The van der Waals surface area contributed by atoms with Crippen LogP contribution in [0.25, 0.3) is 0 Å². The van der Waals surface area contributed by atoms with Crippen molar-refractivity contribution < 1.29 is 0 Å². The highest BCUT2D eigenvalue weighted by molar-refractivity contribution is 14.1. The molecule has 0 aliphatic heterocycles. The first kappa shape index (κ1) is 8.44. The predicted octanol–water partition coefficient (Wildman–Crippen LogP) is 2.10. The Labute approximate surface area is 85.7 Å². The van der Waals surface area contributed by atoms with Crippen LogP contribution in [-0.2, 0) is 0 Å². The van der Waals surface area contributed by atoms with Gasteiger partial charge in [-0.3, -0.25) is 4.98 Å². The van der Waals surface area contributed by atoms with Gasteiger partial charge in [0.15, 0.2) is 0 Å². The largest absolute Gasteiger partial charge is 0.322 e. The van der Waals surface area contributed by atoms with E-state index < -0.39 is 0 Å². The minimum absolute atomic E-state index is 0.166. The maximum atomic E-state index is 6.00. The SMILES string of the molecule is N[C@H](c1cc(I)ccn1)C1CC1. The average Bonchev–Trinajstić information content (AvgIpc) is 2.85. The van der Waals surface area contributed by atoms with Crippen LogP contribution in [0.2, 0.25) is 0 Å². The van der Waals surface area contributed by atoms with Crippen molar-refractivity contribution in [2.24, 2.45) is 11.7 Å². The summed E-state index contributed by atoms with van der Waals surface area (Å²) in [7, 11) is 0. The summed E-state index contributed by atoms with van der Waals surface area (Å²) in [6.07, 6.45) is 4.38. The fraction of sp³-hybridized carbons (Fsp3) is 0.444. The molecule has 1 aromatic rings. The van der Waals surface area contributed by atoms with E-state index in [4.69, 9.17) is 5.73 Å². The summed E-state index contributed by atoms with van der Waals surface area (Å²) in [5.74, 6) is 0.690. The van der Waals surface area contributed by atoms with Crippen molar-refractivity contribution in [1.82, 2.24) is 4.98 Å². The molecule has 0 bridgehead atoms. The number of aromatic nitrogens is 1. The number of nitrogens with zero attached hydrogens (tertiary/aromatic N) is 1. The zero-order valence-electron chi connectivity index (χ0n) is 6.70. The number of nitrogens with two attached hydrogens (primary N) is 1. The van der Waals surface area contributed by atoms with Crippen molar-refractivity contribution in [3.63, 3.8) is 0 Å². The van der Waals surface area contributed by atoms with Crippen LogP contribution >= 0.6 is 22.6 Å². The molecular formula is C9H11IN2. The molecule has 0 radical (unpaired) electrons. The third-order valence-corrected chi connectivity index (χ3v) is 2.89. The maximum Gasteiger partial charge on any atom is 0.0584 e. The molecule has 1 saturated carbocycles. The van der Waals surface area contributed by atoms with Gasteiger partial charge in [0.25, 0.3) is 0 Å². The molecule has 2 nitrogen and oxygen atoms in total. The predicted molar refractivity (Wildman–Crippen MR) is 56.6 cm³/mol. The lowest BCUT2D eigenvalue weighted by Gasteiger charge is -2.08. The Morgan fingerprint density at radius 1 is 1.58 bits per heavy atom. The van der Waals surface area contributed by atoms with Crippen LogP contribution in [0.3, 0.4) is 0 Å². The minimum Gasteiger partial charge on any atom is -0.322 e. The maximum absolute atomic E-state index is 6.00. The van der Waals surface area contributed by atoms with E-state index in [0.29, 0.717) is 5.92 Å². The summed E-state index contributed by atoms with van der Waals surface area (Å²) in [5.41, 5.74) is 7.05. The Bertz CT molecular complexity index is 284. The van der Waals surface area contributed by atoms with E-state index in [1.165, 1.54) is 16.4 Å². The van der Waals surface area contributed by atoms with Gasteiger partial charge in [-0.2, -0.15) is 0 Å². The highest BCUT2D eigenvalue weighted by Gasteiger charge is 2.30. The van der Waals surface area contributed by atoms with E-state index >= 15 is 0 Å². The number of pyridine rings is 1. The molecule has 1 aliphatic rings. The summed E-state index contributed by atoms with van der Waals surface area (Å²) >= 11 is 2.29. The number of hydrogen-bond acceptors (Lipinski definition) is 2. The van der Waals surface area contributed by atoms with Gasteiger partial charge in [-0.1, -0.05) is 0 Å². The van der Waals surface area contributed by atoms with E-state index in [9.17, 15) is 0 Å². The summed E-state index contributed by atoms with van der Waals surface area (Å²) < 4.78 is 1.22. The molecule has 2 N–H and O–H groups in total. The minimum atomic E-state index is 0.166. The lowest BCUT2D eigenvalue weighted by molar-refractivity contribution is 0.614. The third kappa shape index (κ3) is 1.77. The molecule has 0 spiro atoms. The molecule has 0 amide bonds. The van der Waals surface area contributed by atoms with Crippen LogP contribution in [0.4, 0.5) is 0 Å². The second-order valence-electron chi connectivity index (χ2n) is 3.26. The zero-order chi connectivity index (χ0) is 8.55. The molecule has 1 atom stereocenters. The second kappa shape index (κ2) is 3.30. The van der Waals surface area contributed by atoms with Crippen LogP contribution in [-0.4, -0.2) is 4.98 Å². The fourth-order valence-corrected chi connectivity index (χ4v) is 1.78. The standard InChI is InChI=1S/C9H11IN2/c10-7-3-4-12-8(5-7)9(11)6-1-2-6/h3-6,9H,1-2,11H2/t9-/m0/s1. The number of halogens is 1. The Hall–Kier alpha value is -0.160. The summed E-state index contributed by atoms with van der Waals surface area (Å²) in [6.45, 7) is 0. The van der Waals surface area contributed by atoms with Crippen LogP contribution in [0, 0.1) is 9.49 Å². The molecule has 1 heterocycles. The highest BCUT2D eigenvalue weighted by atomic mass is 127. The molecule has 0 saturated heterocycles. The molecular weight excluding hydrogens is 263 g/mol. The van der Waals surface area contributed by atoms with Gasteiger partial charge in [-0.25, -0.2) is 0 Å². The zero-order valence-corrected chi connectivity index (χ0v) is 8.86. The van der Waals surface area contributed by atoms with E-state index in [1.54, 1.807) is 0 Å². The van der Waals surface area contributed by atoms with Crippen molar-refractivity contribution in [3.8, 4) is 0 Å². The summed E-state index contributed by atoms with van der Waals surface area (Å²) in [5, 5.41) is 0. The molecule has 0 aromatic carbocycles. The smallest absolute Gasteiger partial charge is 0.0584 e. The van der Waals surface area contributed by atoms with Crippen molar-refractivity contribution in [3.05, 3.63) is 27.6 Å². The van der Waals surface area contributed by atoms with Gasteiger partial charge in [0.2, 0.25) is 0 Å². The molecule has 1 fully saturated rings. The lowest BCUT2D eigenvalue weighted by atomic mass is 10.1. The number of rotatable bonds is 2. The van der Waals surface area contributed by atoms with Crippen LogP contribution in [0.1, 0.15) is 24.6 Å². The normalized spacial score (nSPS) is 19.2. The van der Waals surface area contributed by atoms with Gasteiger partial charge >= 0.3 is 0 Å². The van der Waals surface area contributed by atoms with Crippen LogP contribution in [0.15, 0.2) is 18.3 Å². The fourth-order valence-electron chi connectivity index (χ4n) is 1.30. The molecule has 0 unspecified atom stereocenters. The first-order valence-electron chi connectivity index (χ1n) is 4.14. The molecule has 12 heavy (non-hydrogen) atoms. The van der Waals surface area contributed by atoms with Gasteiger partial charge in [0.1, 0.15) is 0 Å². The first-order valence-corrected chi connectivity index (χ1v) is 5.22. The van der Waals surface area contributed by atoms with Crippen LogP contribution < -0.4 is 5.73 Å². The molecule has 1 aromatic heterocycles. The Balaban J connectivity index is 2.20. The van der Waals surface area contributed by atoms with Gasteiger partial charge in [0, 0.05) is 15.8 Å². The van der Waals surface area contributed by atoms with Gasteiger partial charge < -0.3 is 5.73 Å². The van der Waals surface area contributed by atoms with Crippen molar-refractivity contribution in [2.75, 3.05) is 0 Å². The number of hydrogen-bond donors (Lipinski definition) is 1. The van der Waals surface area contributed by atoms with Crippen molar-refractivity contribution in [1.29, 1.82) is 0 Å². The van der Waals surface area contributed by atoms with E-state index in [2.05, 4.69) is 33.6 Å². The third-order valence-electron chi connectivity index (χ3n) is 2.21. The van der Waals surface area contributed by atoms with E-state index in [1.807, 2.05) is 12.3 Å². The summed E-state index contributed by atoms with van der Waals surface area (Å²) in [6, 6.07) is 4.23. The van der Waals surface area contributed by atoms with E-state index in [0.717, 1.165) is 5.69 Å². The topological polar surface area (TPSA) is 38.9 Å². The Morgan fingerprint density at radius 2 is 2.33 bits per heavy atom. The van der Waals surface area contributed by atoms with Gasteiger partial charge in [-0.05, 0) is 53.5 Å². The van der Waals surface area contributed by atoms with Crippen molar-refractivity contribution >= 4 is 22.6 Å². The lowest BCUT2D eigenvalue weighted by Crippen LogP contribution is -2.13. The highest BCUT2D eigenvalue weighted by Crippen LogP contribution is 2.38. The average molecular weight is 274 g/mol. The molecule has 1 aliphatic carbocycles. The molecule has 2 rings (SSSR count). The summed E-state index contributed by atoms with van der Waals surface area (Å²) in [4.78, 5) is 4.27. The Morgan fingerprint density at radius 3 is 2.92 bits per heavy atom. The monoisotopic (exact) mass is 274 g/mol. The quantitative estimate of drug-likeness (QED) is 0.839. The van der Waals surface area contributed by atoms with E-state index in [-0.39, 0.29) is 6.04 Å². The second-order valence-corrected chi connectivity index (χ2v) is 4.51. The van der Waals surface area contributed by atoms with Crippen LogP contribution in [0.5, 0.6) is 0 Å². The Kier molecular flexibility index (Phi) is 2.32. The van der Waals surface area contributed by atoms with Gasteiger partial charge in [0.05, 0.1) is 5.69 Å². The molecule has 64 valence electrons. The van der Waals surface area contributed by atoms with Crippen molar-refractivity contribution in [2.45, 2.75) is 18.9 Å². The van der Waals surface area contributed by atoms with Gasteiger partial charge in [-0.15, -0.1) is 0 Å². The first-order chi connectivity index (χ1) is 5.77. The molecule has 3 heteroatoms.